The van der Waals surface area contributed by atoms with Gasteiger partial charge >= 0.3 is 0 Å². The second-order valence-electron chi connectivity index (χ2n) is 7.44. The molecule has 2 N–H and O–H groups in total. The summed E-state index contributed by atoms with van der Waals surface area (Å²) in [6.07, 6.45) is 1.41. The maximum Gasteiger partial charge on any atom is 0.189 e. The Morgan fingerprint density at radius 1 is 1.07 bits per heavy atom. The van der Waals surface area contributed by atoms with Crippen LogP contribution < -0.4 is 10.1 Å². The number of nitrogens with zero attached hydrogens (tertiary/aromatic N) is 2. The van der Waals surface area contributed by atoms with Gasteiger partial charge in [0.15, 0.2) is 12.6 Å². The molecular weight excluding hydrogens is 354 g/mol. The standard InChI is InChI=1S/C22H25N3O3/c1-3-27-14-28-19-11-7-6-10-18(19)20-16-8-4-5-9-17(16)21(25-24-20)23-15-12-22(2,26)13-15/h4-11,15,26H,3,12-14H2,1-2H3,(H,23,25). The van der Waals surface area contributed by atoms with E-state index in [1.807, 2.05) is 62.4 Å². The van der Waals surface area contributed by atoms with Crippen molar-refractivity contribution in [3.05, 3.63) is 48.5 Å². The van der Waals surface area contributed by atoms with E-state index in [1.165, 1.54) is 0 Å². The van der Waals surface area contributed by atoms with E-state index in [1.54, 1.807) is 0 Å². The normalized spacial score (nSPS) is 21.3. The zero-order valence-corrected chi connectivity index (χ0v) is 16.2. The van der Waals surface area contributed by atoms with Crippen LogP contribution in [-0.2, 0) is 4.74 Å². The number of aliphatic hydroxyl groups is 1. The molecule has 1 heterocycles. The van der Waals surface area contributed by atoms with Gasteiger partial charge in [0.1, 0.15) is 11.4 Å². The Labute approximate surface area is 164 Å². The molecule has 0 spiro atoms. The third-order valence-electron chi connectivity index (χ3n) is 5.04. The molecule has 0 unspecified atom stereocenters. The molecule has 28 heavy (non-hydrogen) atoms. The molecule has 1 aliphatic rings. The van der Waals surface area contributed by atoms with Crippen LogP contribution in [-0.4, -0.2) is 40.3 Å². The summed E-state index contributed by atoms with van der Waals surface area (Å²) in [5.41, 5.74) is 1.07. The van der Waals surface area contributed by atoms with Crippen LogP contribution in [0.25, 0.3) is 22.0 Å². The molecule has 0 atom stereocenters. The Hall–Kier alpha value is -2.70. The average Bonchev–Trinajstić information content (AvgIpc) is 2.68. The zero-order chi connectivity index (χ0) is 19.6. The van der Waals surface area contributed by atoms with Gasteiger partial charge < -0.3 is 19.9 Å². The highest BCUT2D eigenvalue weighted by Gasteiger charge is 2.38. The summed E-state index contributed by atoms with van der Waals surface area (Å²) in [5.74, 6) is 1.46. The molecule has 0 aliphatic heterocycles. The largest absolute Gasteiger partial charge is 0.467 e. The SMILES string of the molecule is CCOCOc1ccccc1-c1nnc(NC2CC(C)(O)C2)c2ccccc12. The first kappa shape index (κ1) is 18.7. The lowest BCUT2D eigenvalue weighted by atomic mass is 9.77. The first-order valence-corrected chi connectivity index (χ1v) is 9.62. The third-order valence-corrected chi connectivity index (χ3v) is 5.04. The lowest BCUT2D eigenvalue weighted by Crippen LogP contribution is -2.48. The maximum atomic E-state index is 9.99. The van der Waals surface area contributed by atoms with Gasteiger partial charge in [-0.3, -0.25) is 0 Å². The number of nitrogens with one attached hydrogen (secondary N) is 1. The van der Waals surface area contributed by atoms with Crippen molar-refractivity contribution in [2.24, 2.45) is 0 Å². The Balaban J connectivity index is 1.69. The van der Waals surface area contributed by atoms with E-state index in [2.05, 4.69) is 15.5 Å². The number of rotatable bonds is 7. The van der Waals surface area contributed by atoms with Crippen molar-refractivity contribution >= 4 is 16.6 Å². The van der Waals surface area contributed by atoms with E-state index in [4.69, 9.17) is 9.47 Å². The molecule has 1 aliphatic carbocycles. The van der Waals surface area contributed by atoms with Crippen molar-refractivity contribution in [2.75, 3.05) is 18.7 Å². The summed E-state index contributed by atoms with van der Waals surface area (Å²) in [6.45, 7) is 4.58. The van der Waals surface area contributed by atoms with Gasteiger partial charge in [0, 0.05) is 29.0 Å². The van der Waals surface area contributed by atoms with Crippen molar-refractivity contribution in [1.82, 2.24) is 10.2 Å². The highest BCUT2D eigenvalue weighted by Crippen LogP contribution is 2.37. The summed E-state index contributed by atoms with van der Waals surface area (Å²) in [7, 11) is 0. The topological polar surface area (TPSA) is 76.5 Å². The Kier molecular flexibility index (Phi) is 5.15. The van der Waals surface area contributed by atoms with Crippen LogP contribution in [0.1, 0.15) is 26.7 Å². The number of fused-ring (bicyclic) bond motifs is 1. The van der Waals surface area contributed by atoms with Gasteiger partial charge in [-0.25, -0.2) is 0 Å². The predicted octanol–water partition coefficient (Wildman–Crippen LogP) is 3.99. The van der Waals surface area contributed by atoms with Gasteiger partial charge in [-0.2, -0.15) is 0 Å². The molecule has 3 aromatic rings. The molecule has 6 nitrogen and oxygen atoms in total. The van der Waals surface area contributed by atoms with E-state index < -0.39 is 5.60 Å². The second kappa shape index (κ2) is 7.73. The van der Waals surface area contributed by atoms with Crippen molar-refractivity contribution < 1.29 is 14.6 Å². The summed E-state index contributed by atoms with van der Waals surface area (Å²) in [4.78, 5) is 0. The molecule has 0 radical (unpaired) electrons. The zero-order valence-electron chi connectivity index (χ0n) is 16.2. The van der Waals surface area contributed by atoms with Crippen LogP contribution in [0.15, 0.2) is 48.5 Å². The summed E-state index contributed by atoms with van der Waals surface area (Å²) >= 11 is 0. The summed E-state index contributed by atoms with van der Waals surface area (Å²) < 4.78 is 11.1. The lowest BCUT2D eigenvalue weighted by molar-refractivity contribution is -0.0235. The van der Waals surface area contributed by atoms with E-state index in [0.717, 1.165) is 27.8 Å². The Morgan fingerprint density at radius 2 is 1.79 bits per heavy atom. The number of hydrogen-bond donors (Lipinski definition) is 2. The molecule has 0 bridgehead atoms. The quantitative estimate of drug-likeness (QED) is 0.477. The van der Waals surface area contributed by atoms with E-state index in [9.17, 15) is 5.11 Å². The van der Waals surface area contributed by atoms with Crippen molar-refractivity contribution in [3.8, 4) is 17.0 Å². The first-order valence-electron chi connectivity index (χ1n) is 9.62. The van der Waals surface area contributed by atoms with Gasteiger partial charge in [0.2, 0.25) is 0 Å². The van der Waals surface area contributed by atoms with Crippen molar-refractivity contribution in [1.29, 1.82) is 0 Å². The van der Waals surface area contributed by atoms with Crippen LogP contribution in [0, 0.1) is 0 Å². The van der Waals surface area contributed by atoms with Crippen LogP contribution in [0.3, 0.4) is 0 Å². The number of benzene rings is 2. The van der Waals surface area contributed by atoms with E-state index >= 15 is 0 Å². The number of para-hydroxylation sites is 1. The van der Waals surface area contributed by atoms with Gasteiger partial charge in [-0.15, -0.1) is 10.2 Å². The average molecular weight is 379 g/mol. The molecule has 1 fully saturated rings. The number of anilines is 1. The second-order valence-corrected chi connectivity index (χ2v) is 7.44. The van der Waals surface area contributed by atoms with Gasteiger partial charge in [0.25, 0.3) is 0 Å². The highest BCUT2D eigenvalue weighted by atomic mass is 16.7. The molecule has 0 saturated heterocycles. The maximum absolute atomic E-state index is 9.99. The monoisotopic (exact) mass is 379 g/mol. The minimum Gasteiger partial charge on any atom is -0.467 e. The van der Waals surface area contributed by atoms with Crippen molar-refractivity contribution in [3.63, 3.8) is 0 Å². The smallest absolute Gasteiger partial charge is 0.189 e. The predicted molar refractivity (Wildman–Crippen MR) is 109 cm³/mol. The third kappa shape index (κ3) is 3.79. The fraction of sp³-hybridized carbons (Fsp3) is 0.364. The highest BCUT2D eigenvalue weighted by molar-refractivity contribution is 6.00. The number of ether oxygens (including phenoxy) is 2. The van der Waals surface area contributed by atoms with Crippen LogP contribution in [0.2, 0.25) is 0 Å². The van der Waals surface area contributed by atoms with Crippen LogP contribution in [0.4, 0.5) is 5.82 Å². The lowest BCUT2D eigenvalue weighted by Gasteiger charge is -2.41. The minimum atomic E-state index is -0.586. The fourth-order valence-corrected chi connectivity index (χ4v) is 3.68. The molecule has 2 aromatic carbocycles. The van der Waals surface area contributed by atoms with E-state index in [-0.39, 0.29) is 12.8 Å². The number of hydrogen-bond acceptors (Lipinski definition) is 6. The molecule has 146 valence electrons. The van der Waals surface area contributed by atoms with Gasteiger partial charge in [-0.05, 0) is 38.8 Å². The Morgan fingerprint density at radius 3 is 2.54 bits per heavy atom. The molecule has 1 aromatic heterocycles. The first-order chi connectivity index (χ1) is 13.6. The molecule has 4 rings (SSSR count). The fourth-order valence-electron chi connectivity index (χ4n) is 3.68. The van der Waals surface area contributed by atoms with E-state index in [0.29, 0.717) is 25.2 Å². The molecule has 0 amide bonds. The minimum absolute atomic E-state index is 0.195. The van der Waals surface area contributed by atoms with Crippen molar-refractivity contribution in [2.45, 2.75) is 38.3 Å². The number of aromatic nitrogens is 2. The van der Waals surface area contributed by atoms with Gasteiger partial charge in [0.05, 0.1) is 5.60 Å². The van der Waals surface area contributed by atoms with Crippen LogP contribution in [0.5, 0.6) is 5.75 Å². The van der Waals surface area contributed by atoms with Gasteiger partial charge in [-0.1, -0.05) is 36.4 Å². The molecular formula is C22H25N3O3. The Bertz CT molecular complexity index is 966. The molecule has 1 saturated carbocycles. The summed E-state index contributed by atoms with van der Waals surface area (Å²) in [5, 5.41) is 24.4. The molecule has 6 heteroatoms. The summed E-state index contributed by atoms with van der Waals surface area (Å²) in [6, 6.07) is 16.1. The van der Waals surface area contributed by atoms with Crippen LogP contribution >= 0.6 is 0 Å².